The minimum Gasteiger partial charge on any atom is -0.388 e. The van der Waals surface area contributed by atoms with Crippen molar-refractivity contribution in [2.24, 2.45) is 5.92 Å². The third kappa shape index (κ3) is 4.04. The Balaban J connectivity index is 1.95. The van der Waals surface area contributed by atoms with Gasteiger partial charge in [0.15, 0.2) is 0 Å². The lowest BCUT2D eigenvalue weighted by Crippen LogP contribution is -2.46. The lowest BCUT2D eigenvalue weighted by Gasteiger charge is -2.32. The number of aliphatic hydroxyl groups is 1. The fraction of sp³-hybridized carbons (Fsp3) is 0.733. The molecule has 2 N–H and O–H groups in total. The van der Waals surface area contributed by atoms with E-state index in [1.165, 1.54) is 0 Å². The summed E-state index contributed by atoms with van der Waals surface area (Å²) in [6.07, 6.45) is 2.71. The van der Waals surface area contributed by atoms with E-state index < -0.39 is 5.60 Å². The van der Waals surface area contributed by atoms with E-state index in [-0.39, 0.29) is 12.5 Å². The van der Waals surface area contributed by atoms with E-state index >= 15 is 0 Å². The molecule has 1 fully saturated rings. The van der Waals surface area contributed by atoms with E-state index in [1.54, 1.807) is 6.20 Å². The maximum Gasteiger partial charge on any atom is 0.254 e. The molecule has 118 valence electrons. The molecule has 0 aromatic carbocycles. The van der Waals surface area contributed by atoms with Gasteiger partial charge in [-0.15, -0.1) is 0 Å². The summed E-state index contributed by atoms with van der Waals surface area (Å²) in [6.45, 7) is 8.25. The van der Waals surface area contributed by atoms with Crippen LogP contribution in [0.2, 0.25) is 0 Å². The second-order valence-electron chi connectivity index (χ2n) is 6.24. The van der Waals surface area contributed by atoms with Gasteiger partial charge in [-0.25, -0.2) is 0 Å². The average Bonchev–Trinajstić information content (AvgIpc) is 2.78. The molecule has 0 unspecified atom stereocenters. The van der Waals surface area contributed by atoms with Gasteiger partial charge in [0, 0.05) is 44.8 Å². The summed E-state index contributed by atoms with van der Waals surface area (Å²) in [5, 5.41) is 17.4. The Labute approximate surface area is 125 Å². The molecule has 1 aliphatic rings. The molecule has 1 aromatic heterocycles. The molecule has 0 aliphatic carbocycles. The van der Waals surface area contributed by atoms with Crippen molar-refractivity contribution in [1.29, 1.82) is 0 Å². The molecule has 0 bridgehead atoms. The van der Waals surface area contributed by atoms with Crippen LogP contribution in [-0.2, 0) is 11.3 Å². The number of hydrogen-bond acceptors (Lipinski definition) is 4. The Morgan fingerprint density at radius 2 is 2.19 bits per heavy atom. The highest BCUT2D eigenvalue weighted by molar-refractivity contribution is 5.95. The summed E-state index contributed by atoms with van der Waals surface area (Å²) in [5.74, 6) is 0.296. The lowest BCUT2D eigenvalue weighted by atomic mass is 9.94. The van der Waals surface area contributed by atoms with Crippen LogP contribution in [0.15, 0.2) is 6.20 Å². The molecule has 21 heavy (non-hydrogen) atoms. The summed E-state index contributed by atoms with van der Waals surface area (Å²) >= 11 is 0. The Morgan fingerprint density at radius 3 is 2.81 bits per heavy atom. The van der Waals surface area contributed by atoms with Crippen molar-refractivity contribution < 1.29 is 14.6 Å². The third-order valence-corrected chi connectivity index (χ3v) is 3.89. The molecule has 0 saturated carbocycles. The smallest absolute Gasteiger partial charge is 0.254 e. The predicted molar refractivity (Wildman–Crippen MR) is 79.1 cm³/mol. The van der Waals surface area contributed by atoms with Gasteiger partial charge in [0.25, 0.3) is 5.91 Å². The Morgan fingerprint density at radius 1 is 1.52 bits per heavy atom. The van der Waals surface area contributed by atoms with Crippen molar-refractivity contribution in [3.05, 3.63) is 17.5 Å². The van der Waals surface area contributed by atoms with Crippen molar-refractivity contribution in [3.63, 3.8) is 0 Å². The van der Waals surface area contributed by atoms with Gasteiger partial charge in [-0.2, -0.15) is 5.10 Å². The maximum atomic E-state index is 12.2. The standard InChI is InChI=1S/C15H25N3O3/c1-11(2)9-18-12(3)13(8-17-18)14(19)16-10-15(20)4-6-21-7-5-15/h8,11,20H,4-7,9-10H2,1-3H3,(H,16,19). The van der Waals surface area contributed by atoms with Gasteiger partial charge in [0.05, 0.1) is 17.4 Å². The normalized spacial score (nSPS) is 18.0. The molecule has 0 radical (unpaired) electrons. The van der Waals surface area contributed by atoms with Crippen LogP contribution in [0.4, 0.5) is 0 Å². The number of carbonyl (C=O) groups is 1. The number of nitrogens with one attached hydrogen (secondary N) is 1. The van der Waals surface area contributed by atoms with Crippen LogP contribution in [0, 0.1) is 12.8 Å². The number of rotatable bonds is 5. The minimum atomic E-state index is -0.851. The predicted octanol–water partition coefficient (Wildman–Crippen LogP) is 1.12. The Hall–Kier alpha value is -1.40. The van der Waals surface area contributed by atoms with Crippen molar-refractivity contribution in [2.45, 2.75) is 45.8 Å². The van der Waals surface area contributed by atoms with Gasteiger partial charge in [0.1, 0.15) is 0 Å². The first kappa shape index (κ1) is 16.0. The Bertz CT molecular complexity index is 490. The molecule has 1 aromatic rings. The Kier molecular flexibility index (Phi) is 5.00. The molecule has 6 heteroatoms. The van der Waals surface area contributed by atoms with Crippen molar-refractivity contribution in [1.82, 2.24) is 15.1 Å². The van der Waals surface area contributed by atoms with E-state index in [4.69, 9.17) is 4.74 Å². The number of carbonyl (C=O) groups excluding carboxylic acids is 1. The second kappa shape index (κ2) is 6.58. The van der Waals surface area contributed by atoms with Gasteiger partial charge in [-0.05, 0) is 12.8 Å². The van der Waals surface area contributed by atoms with Gasteiger partial charge in [0.2, 0.25) is 0 Å². The monoisotopic (exact) mass is 295 g/mol. The van der Waals surface area contributed by atoms with Crippen molar-refractivity contribution >= 4 is 5.91 Å². The topological polar surface area (TPSA) is 76.4 Å². The summed E-state index contributed by atoms with van der Waals surface area (Å²) in [4.78, 5) is 12.2. The van der Waals surface area contributed by atoms with E-state index in [9.17, 15) is 9.90 Å². The van der Waals surface area contributed by atoms with Crippen molar-refractivity contribution in [3.8, 4) is 0 Å². The van der Waals surface area contributed by atoms with E-state index in [2.05, 4.69) is 24.3 Å². The first-order valence-corrected chi connectivity index (χ1v) is 7.52. The van der Waals surface area contributed by atoms with Crippen LogP contribution in [0.1, 0.15) is 42.7 Å². The zero-order chi connectivity index (χ0) is 15.5. The number of amides is 1. The SMILES string of the molecule is Cc1c(C(=O)NCC2(O)CCOCC2)cnn1CC(C)C. The summed E-state index contributed by atoms with van der Waals surface area (Å²) in [6, 6.07) is 0. The summed E-state index contributed by atoms with van der Waals surface area (Å²) in [7, 11) is 0. The second-order valence-corrected chi connectivity index (χ2v) is 6.24. The molecule has 1 saturated heterocycles. The van der Waals surface area contributed by atoms with E-state index in [0.717, 1.165) is 12.2 Å². The highest BCUT2D eigenvalue weighted by atomic mass is 16.5. The molecule has 1 aliphatic heterocycles. The molecule has 2 heterocycles. The quantitative estimate of drug-likeness (QED) is 0.853. The average molecular weight is 295 g/mol. The number of hydrogen-bond donors (Lipinski definition) is 2. The fourth-order valence-corrected chi connectivity index (χ4v) is 2.47. The zero-order valence-corrected chi connectivity index (χ0v) is 13.1. The number of aromatic nitrogens is 2. The van der Waals surface area contributed by atoms with Gasteiger partial charge < -0.3 is 15.2 Å². The van der Waals surface area contributed by atoms with Crippen LogP contribution in [0.25, 0.3) is 0 Å². The van der Waals surface area contributed by atoms with Gasteiger partial charge >= 0.3 is 0 Å². The van der Waals surface area contributed by atoms with Crippen LogP contribution >= 0.6 is 0 Å². The van der Waals surface area contributed by atoms with Crippen LogP contribution in [-0.4, -0.2) is 46.2 Å². The highest BCUT2D eigenvalue weighted by Crippen LogP contribution is 2.19. The van der Waals surface area contributed by atoms with Gasteiger partial charge in [-0.3, -0.25) is 9.48 Å². The molecule has 6 nitrogen and oxygen atoms in total. The molecule has 2 rings (SSSR count). The maximum absolute atomic E-state index is 12.2. The first-order valence-electron chi connectivity index (χ1n) is 7.52. The third-order valence-electron chi connectivity index (χ3n) is 3.89. The molecule has 1 amide bonds. The van der Waals surface area contributed by atoms with Crippen LogP contribution in [0.5, 0.6) is 0 Å². The zero-order valence-electron chi connectivity index (χ0n) is 13.1. The van der Waals surface area contributed by atoms with Crippen LogP contribution < -0.4 is 5.32 Å². The van der Waals surface area contributed by atoms with Crippen LogP contribution in [0.3, 0.4) is 0 Å². The van der Waals surface area contributed by atoms with Gasteiger partial charge in [-0.1, -0.05) is 13.8 Å². The molecule has 0 atom stereocenters. The number of nitrogens with zero attached hydrogens (tertiary/aromatic N) is 2. The molecular formula is C15H25N3O3. The largest absolute Gasteiger partial charge is 0.388 e. The lowest BCUT2D eigenvalue weighted by molar-refractivity contribution is -0.0605. The minimum absolute atomic E-state index is 0.178. The van der Waals surface area contributed by atoms with E-state index in [1.807, 2.05) is 11.6 Å². The highest BCUT2D eigenvalue weighted by Gasteiger charge is 2.30. The first-order chi connectivity index (χ1) is 9.91. The summed E-state index contributed by atoms with van der Waals surface area (Å²) in [5.41, 5.74) is 0.585. The van der Waals surface area contributed by atoms with Crippen molar-refractivity contribution in [2.75, 3.05) is 19.8 Å². The molecule has 0 spiro atoms. The fourth-order valence-electron chi connectivity index (χ4n) is 2.47. The molecular weight excluding hydrogens is 270 g/mol. The van der Waals surface area contributed by atoms with E-state index in [0.29, 0.717) is 37.5 Å². The number of ether oxygens (including phenoxy) is 1. The summed E-state index contributed by atoms with van der Waals surface area (Å²) < 4.78 is 7.08.